The van der Waals surface area contributed by atoms with Gasteiger partial charge < -0.3 is 5.11 Å². The number of nitrogens with one attached hydrogen (secondary N) is 1. The Morgan fingerprint density at radius 3 is 2.47 bits per heavy atom. The second-order valence-electron chi connectivity index (χ2n) is 4.48. The molecule has 6 nitrogen and oxygen atoms in total. The van der Waals surface area contributed by atoms with Gasteiger partial charge in [-0.3, -0.25) is 15.1 Å². The maximum atomic E-state index is 11.3. The van der Waals surface area contributed by atoms with Gasteiger partial charge in [-0.05, 0) is 12.8 Å². The number of amides is 3. The number of rotatable bonds is 2. The third-order valence-electron chi connectivity index (χ3n) is 3.24. The molecule has 1 aliphatic carbocycles. The minimum atomic E-state index is -1.25. The van der Waals surface area contributed by atoms with Crippen molar-refractivity contribution < 1.29 is 14.7 Å². The summed E-state index contributed by atoms with van der Waals surface area (Å²) in [5, 5.41) is 12.1. The van der Waals surface area contributed by atoms with Gasteiger partial charge in [0.05, 0.1) is 6.04 Å². The van der Waals surface area contributed by atoms with Crippen molar-refractivity contribution in [3.8, 4) is 0 Å². The Morgan fingerprint density at radius 1 is 1.29 bits per heavy atom. The number of hydrogen-bond donors (Lipinski definition) is 2. The average Bonchev–Trinajstić information content (AvgIpc) is 2.50. The second kappa shape index (κ2) is 5.27. The van der Waals surface area contributed by atoms with Crippen LogP contribution in [-0.2, 0) is 4.79 Å². The van der Waals surface area contributed by atoms with E-state index in [4.69, 9.17) is 0 Å². The van der Waals surface area contributed by atoms with Crippen LogP contribution in [0.2, 0.25) is 0 Å². The highest BCUT2D eigenvalue weighted by atomic mass is 16.3. The fourth-order valence-electron chi connectivity index (χ4n) is 2.27. The van der Waals surface area contributed by atoms with Crippen molar-refractivity contribution in [3.63, 3.8) is 0 Å². The molecule has 0 radical (unpaired) electrons. The molecule has 6 heteroatoms. The van der Waals surface area contributed by atoms with Crippen LogP contribution in [0.15, 0.2) is 4.99 Å². The third kappa shape index (κ3) is 2.63. The Bertz CT molecular complexity index is 335. The summed E-state index contributed by atoms with van der Waals surface area (Å²) in [6, 6.07) is -0.464. The lowest BCUT2D eigenvalue weighted by atomic mass is 10.1. The molecule has 0 aromatic heterocycles. The van der Waals surface area contributed by atoms with Gasteiger partial charge in [-0.15, -0.1) is 0 Å². The van der Waals surface area contributed by atoms with Crippen LogP contribution in [0, 0.1) is 0 Å². The third-order valence-corrected chi connectivity index (χ3v) is 3.24. The minimum absolute atomic E-state index is 0.147. The van der Waals surface area contributed by atoms with Crippen LogP contribution in [-0.4, -0.2) is 40.6 Å². The number of aliphatic imine (C=N–C) groups is 1. The van der Waals surface area contributed by atoms with E-state index in [-0.39, 0.29) is 11.9 Å². The SMILES string of the molecule is O=CN1C(=O)NC(=NC2CCCCCC2)C1O. The molecule has 1 heterocycles. The van der Waals surface area contributed by atoms with Gasteiger partial charge in [-0.25, -0.2) is 9.69 Å². The van der Waals surface area contributed by atoms with E-state index in [9.17, 15) is 14.7 Å². The lowest BCUT2D eigenvalue weighted by Crippen LogP contribution is -2.33. The van der Waals surface area contributed by atoms with Crippen LogP contribution in [0.25, 0.3) is 0 Å². The summed E-state index contributed by atoms with van der Waals surface area (Å²) < 4.78 is 0. The van der Waals surface area contributed by atoms with Crippen molar-refractivity contribution in [2.75, 3.05) is 0 Å². The molecule has 2 aliphatic rings. The summed E-state index contributed by atoms with van der Waals surface area (Å²) in [6.45, 7) is 0. The van der Waals surface area contributed by atoms with Crippen molar-refractivity contribution in [2.24, 2.45) is 4.99 Å². The molecule has 0 aromatic rings. The van der Waals surface area contributed by atoms with Crippen molar-refractivity contribution in [3.05, 3.63) is 0 Å². The van der Waals surface area contributed by atoms with Gasteiger partial charge in [0.25, 0.3) is 0 Å². The van der Waals surface area contributed by atoms with Gasteiger partial charge in [0.1, 0.15) is 0 Å². The number of aliphatic hydroxyl groups is 1. The number of carbonyl (C=O) groups is 2. The molecular weight excluding hydrogens is 222 g/mol. The number of urea groups is 1. The minimum Gasteiger partial charge on any atom is -0.366 e. The highest BCUT2D eigenvalue weighted by Gasteiger charge is 2.35. The summed E-state index contributed by atoms with van der Waals surface area (Å²) in [7, 11) is 0. The van der Waals surface area contributed by atoms with Crippen LogP contribution in [0.4, 0.5) is 4.79 Å². The zero-order chi connectivity index (χ0) is 12.3. The van der Waals surface area contributed by atoms with E-state index in [0.717, 1.165) is 25.7 Å². The van der Waals surface area contributed by atoms with Gasteiger partial charge in [-0.1, -0.05) is 25.7 Å². The standard InChI is InChI=1S/C11H17N3O3/c15-7-14-10(16)9(13-11(14)17)12-8-5-3-1-2-4-6-8/h7-8,10,16H,1-6H2,(H,12,13,17). The molecule has 1 unspecified atom stereocenters. The molecule has 2 rings (SSSR count). The highest BCUT2D eigenvalue weighted by Crippen LogP contribution is 2.20. The highest BCUT2D eigenvalue weighted by molar-refractivity contribution is 6.10. The maximum absolute atomic E-state index is 11.3. The molecule has 2 fully saturated rings. The van der Waals surface area contributed by atoms with Crippen molar-refractivity contribution in [2.45, 2.75) is 50.8 Å². The number of imide groups is 1. The lowest BCUT2D eigenvalue weighted by Gasteiger charge is -2.12. The summed E-state index contributed by atoms with van der Waals surface area (Å²) in [5.41, 5.74) is 0. The van der Waals surface area contributed by atoms with E-state index in [2.05, 4.69) is 10.3 Å². The molecule has 94 valence electrons. The Balaban J connectivity index is 2.06. The topological polar surface area (TPSA) is 82.0 Å². The molecule has 0 aromatic carbocycles. The predicted octanol–water partition coefficient (Wildman–Crippen LogP) is 0.608. The van der Waals surface area contributed by atoms with Gasteiger partial charge in [0.15, 0.2) is 12.1 Å². The van der Waals surface area contributed by atoms with E-state index in [1.807, 2.05) is 0 Å². The van der Waals surface area contributed by atoms with Gasteiger partial charge >= 0.3 is 6.03 Å². The summed E-state index contributed by atoms with van der Waals surface area (Å²) in [5.74, 6) is 0.203. The van der Waals surface area contributed by atoms with Crippen LogP contribution in [0.1, 0.15) is 38.5 Å². The molecule has 0 bridgehead atoms. The first-order valence-electron chi connectivity index (χ1n) is 6.03. The van der Waals surface area contributed by atoms with E-state index >= 15 is 0 Å². The molecule has 1 saturated heterocycles. The van der Waals surface area contributed by atoms with Crippen LogP contribution < -0.4 is 5.32 Å². The van der Waals surface area contributed by atoms with Gasteiger partial charge in [0.2, 0.25) is 6.41 Å². The van der Waals surface area contributed by atoms with Gasteiger partial charge in [-0.2, -0.15) is 0 Å². The molecule has 3 amide bonds. The molecule has 1 aliphatic heterocycles. The van der Waals surface area contributed by atoms with Crippen molar-refractivity contribution in [1.29, 1.82) is 0 Å². The number of aliphatic hydroxyl groups excluding tert-OH is 1. The Labute approximate surface area is 99.7 Å². The molecule has 1 atom stereocenters. The first kappa shape index (κ1) is 12.0. The summed E-state index contributed by atoms with van der Waals surface area (Å²) in [4.78, 5) is 26.9. The van der Waals surface area contributed by atoms with E-state index in [1.54, 1.807) is 0 Å². The number of hydrogen-bond acceptors (Lipinski definition) is 4. The molecule has 0 spiro atoms. The van der Waals surface area contributed by atoms with E-state index < -0.39 is 12.3 Å². The first-order chi connectivity index (χ1) is 8.22. The fraction of sp³-hybridized carbons (Fsp3) is 0.727. The lowest BCUT2D eigenvalue weighted by molar-refractivity contribution is -0.119. The largest absolute Gasteiger partial charge is 0.366 e. The normalized spacial score (nSPS) is 29.2. The second-order valence-corrected chi connectivity index (χ2v) is 4.48. The fourth-order valence-corrected chi connectivity index (χ4v) is 2.27. The van der Waals surface area contributed by atoms with Crippen LogP contribution >= 0.6 is 0 Å². The monoisotopic (exact) mass is 239 g/mol. The van der Waals surface area contributed by atoms with Crippen LogP contribution in [0.5, 0.6) is 0 Å². The van der Waals surface area contributed by atoms with E-state index in [1.165, 1.54) is 12.8 Å². The Kier molecular flexibility index (Phi) is 3.73. The Morgan fingerprint density at radius 2 is 1.94 bits per heavy atom. The summed E-state index contributed by atoms with van der Waals surface area (Å²) >= 11 is 0. The Hall–Kier alpha value is -1.43. The zero-order valence-corrected chi connectivity index (χ0v) is 9.63. The number of nitrogens with zero attached hydrogens (tertiary/aromatic N) is 2. The maximum Gasteiger partial charge on any atom is 0.331 e. The average molecular weight is 239 g/mol. The first-order valence-corrected chi connectivity index (χ1v) is 6.03. The molecule has 17 heavy (non-hydrogen) atoms. The van der Waals surface area contributed by atoms with Gasteiger partial charge in [0, 0.05) is 0 Å². The molecule has 1 saturated carbocycles. The zero-order valence-electron chi connectivity index (χ0n) is 9.63. The summed E-state index contributed by atoms with van der Waals surface area (Å²) in [6.07, 6.45) is 5.72. The van der Waals surface area contributed by atoms with Crippen LogP contribution in [0.3, 0.4) is 0 Å². The molecule has 2 N–H and O–H groups in total. The number of amidine groups is 1. The molecular formula is C11H17N3O3. The van der Waals surface area contributed by atoms with Crippen molar-refractivity contribution in [1.82, 2.24) is 10.2 Å². The van der Waals surface area contributed by atoms with E-state index in [0.29, 0.717) is 11.3 Å². The number of carbonyl (C=O) groups excluding carboxylic acids is 2. The van der Waals surface area contributed by atoms with Crippen molar-refractivity contribution >= 4 is 18.3 Å². The predicted molar refractivity (Wildman–Crippen MR) is 61.4 cm³/mol. The smallest absolute Gasteiger partial charge is 0.331 e. The quantitative estimate of drug-likeness (QED) is 0.547.